The van der Waals surface area contributed by atoms with Crippen molar-refractivity contribution in [1.29, 1.82) is 5.41 Å². The first-order valence-electron chi connectivity index (χ1n) is 9.61. The molecule has 0 bridgehead atoms. The van der Waals surface area contributed by atoms with Gasteiger partial charge < -0.3 is 15.7 Å². The molecule has 0 fully saturated rings. The van der Waals surface area contributed by atoms with Gasteiger partial charge in [-0.15, -0.1) is 0 Å². The molecule has 32 heavy (non-hydrogen) atoms. The summed E-state index contributed by atoms with van der Waals surface area (Å²) in [6, 6.07) is 3.34. The molecule has 2 aromatic heterocycles. The van der Waals surface area contributed by atoms with E-state index in [-0.39, 0.29) is 11.3 Å². The van der Waals surface area contributed by atoms with Gasteiger partial charge in [-0.25, -0.2) is 22.2 Å². The van der Waals surface area contributed by atoms with Crippen molar-refractivity contribution in [3.05, 3.63) is 65.1 Å². The predicted octanol–water partition coefficient (Wildman–Crippen LogP) is 3.43. The molecular weight excluding hydrogens is 440 g/mol. The molecule has 4 N–H and O–H groups in total. The Bertz CT molecular complexity index is 1330. The number of carbonyl (C=O) groups excluding carboxylic acids is 1. The summed E-state index contributed by atoms with van der Waals surface area (Å²) < 4.78 is 55.6. The van der Waals surface area contributed by atoms with Crippen LogP contribution in [-0.2, 0) is 10.0 Å². The Balaban J connectivity index is 2.10. The highest BCUT2D eigenvalue weighted by atomic mass is 32.2. The van der Waals surface area contributed by atoms with Crippen LogP contribution in [0.1, 0.15) is 34.8 Å². The summed E-state index contributed by atoms with van der Waals surface area (Å²) in [5.74, 6) is -3.65. The SMILES string of the molecule is CCCS(=O)(=O)Nc1ccc(F)c(C(=O)c2c[nH]c3ncc(/C(C=N)=C/NC)cc23)c1F. The summed E-state index contributed by atoms with van der Waals surface area (Å²) in [5, 5.41) is 10.6. The molecule has 0 amide bonds. The number of nitrogens with one attached hydrogen (secondary N) is 4. The summed E-state index contributed by atoms with van der Waals surface area (Å²) in [6.45, 7) is 1.64. The molecule has 0 radical (unpaired) electrons. The molecule has 0 unspecified atom stereocenters. The Labute approximate surface area is 183 Å². The van der Waals surface area contributed by atoms with E-state index in [1.807, 2.05) is 0 Å². The van der Waals surface area contributed by atoms with Gasteiger partial charge in [0.05, 0.1) is 17.0 Å². The van der Waals surface area contributed by atoms with Crippen LogP contribution in [0.2, 0.25) is 0 Å². The average Bonchev–Trinajstić information content (AvgIpc) is 3.17. The van der Waals surface area contributed by atoms with Gasteiger partial charge in [0.25, 0.3) is 0 Å². The number of pyridine rings is 1. The van der Waals surface area contributed by atoms with Crippen molar-refractivity contribution >= 4 is 44.3 Å². The highest BCUT2D eigenvalue weighted by Gasteiger charge is 2.26. The van der Waals surface area contributed by atoms with Crippen LogP contribution >= 0.6 is 0 Å². The number of aromatic nitrogens is 2. The molecule has 0 atom stereocenters. The number of H-pyrrole nitrogens is 1. The number of carbonyl (C=O) groups is 1. The molecule has 1 aromatic carbocycles. The minimum absolute atomic E-state index is 0.0468. The number of sulfonamides is 1. The van der Waals surface area contributed by atoms with Crippen LogP contribution in [-0.4, -0.2) is 43.2 Å². The fourth-order valence-corrected chi connectivity index (χ4v) is 4.31. The third-order valence-corrected chi connectivity index (χ3v) is 6.10. The lowest BCUT2D eigenvalue weighted by molar-refractivity contribution is 0.103. The lowest BCUT2D eigenvalue weighted by Crippen LogP contribution is -2.18. The molecule has 0 aliphatic heterocycles. The monoisotopic (exact) mass is 461 g/mol. The Morgan fingerprint density at radius 3 is 2.72 bits per heavy atom. The zero-order chi connectivity index (χ0) is 23.5. The molecule has 3 aromatic rings. The number of rotatable bonds is 9. The first-order chi connectivity index (χ1) is 15.2. The van der Waals surface area contributed by atoms with Crippen molar-refractivity contribution in [1.82, 2.24) is 15.3 Å². The third kappa shape index (κ3) is 4.52. The summed E-state index contributed by atoms with van der Waals surface area (Å²) in [7, 11) is -2.19. The lowest BCUT2D eigenvalue weighted by Gasteiger charge is -2.11. The van der Waals surface area contributed by atoms with Gasteiger partial charge in [0.2, 0.25) is 15.8 Å². The van der Waals surface area contributed by atoms with Crippen LogP contribution < -0.4 is 10.0 Å². The largest absolute Gasteiger partial charge is 0.393 e. The summed E-state index contributed by atoms with van der Waals surface area (Å²) in [6.07, 6.45) is 5.73. The van der Waals surface area contributed by atoms with Gasteiger partial charge in [-0.1, -0.05) is 6.92 Å². The van der Waals surface area contributed by atoms with Crippen molar-refractivity contribution in [2.45, 2.75) is 13.3 Å². The van der Waals surface area contributed by atoms with Crippen molar-refractivity contribution < 1.29 is 22.0 Å². The number of fused-ring (bicyclic) bond motifs is 1. The predicted molar refractivity (Wildman–Crippen MR) is 119 cm³/mol. The molecular formula is C21H21F2N5O3S. The van der Waals surface area contributed by atoms with E-state index in [1.54, 1.807) is 26.2 Å². The summed E-state index contributed by atoms with van der Waals surface area (Å²) in [4.78, 5) is 20.1. The van der Waals surface area contributed by atoms with Crippen molar-refractivity contribution in [3.8, 4) is 0 Å². The van der Waals surface area contributed by atoms with Crippen molar-refractivity contribution in [2.75, 3.05) is 17.5 Å². The standard InChI is InChI=1S/C21H21F2N5O3S/c1-3-6-32(30,31)28-17-5-4-16(22)18(19(17)23)20(29)15-11-27-21-14(15)7-12(10-26-21)13(8-24)9-25-2/h4-5,7-11,24-25,28H,3,6H2,1-2H3,(H,26,27)/b13-9+,24-8?. The van der Waals surface area contributed by atoms with Crippen molar-refractivity contribution in [3.63, 3.8) is 0 Å². The smallest absolute Gasteiger partial charge is 0.232 e. The summed E-state index contributed by atoms with van der Waals surface area (Å²) in [5.41, 5.74) is -0.138. The molecule has 0 saturated carbocycles. The van der Waals surface area contributed by atoms with E-state index in [2.05, 4.69) is 20.0 Å². The first-order valence-corrected chi connectivity index (χ1v) is 11.3. The molecule has 0 spiro atoms. The van der Waals surface area contributed by atoms with E-state index >= 15 is 4.39 Å². The van der Waals surface area contributed by atoms with Gasteiger partial charge in [-0.3, -0.25) is 9.52 Å². The number of hydrogen-bond acceptors (Lipinski definition) is 6. The summed E-state index contributed by atoms with van der Waals surface area (Å²) >= 11 is 0. The minimum atomic E-state index is -3.85. The topological polar surface area (TPSA) is 128 Å². The number of ketones is 1. The number of nitrogens with zero attached hydrogens (tertiary/aromatic N) is 1. The fourth-order valence-electron chi connectivity index (χ4n) is 3.17. The van der Waals surface area contributed by atoms with Crippen LogP contribution in [0.15, 0.2) is 36.8 Å². The zero-order valence-electron chi connectivity index (χ0n) is 17.3. The zero-order valence-corrected chi connectivity index (χ0v) is 18.1. The molecule has 0 aliphatic carbocycles. The van der Waals surface area contributed by atoms with Crippen LogP contribution in [0.4, 0.5) is 14.5 Å². The normalized spacial score (nSPS) is 12.1. The highest BCUT2D eigenvalue weighted by molar-refractivity contribution is 7.92. The number of aromatic amines is 1. The van der Waals surface area contributed by atoms with Gasteiger partial charge in [-0.2, -0.15) is 0 Å². The number of anilines is 1. The minimum Gasteiger partial charge on any atom is -0.393 e. The number of allylic oxidation sites excluding steroid dienone is 1. The maximum atomic E-state index is 15.0. The first kappa shape index (κ1) is 23.1. The van der Waals surface area contributed by atoms with E-state index in [9.17, 15) is 17.6 Å². The fraction of sp³-hybridized carbons (Fsp3) is 0.190. The molecule has 11 heteroatoms. The van der Waals surface area contributed by atoms with Gasteiger partial charge in [0.1, 0.15) is 11.5 Å². The van der Waals surface area contributed by atoms with E-state index in [0.29, 0.717) is 28.6 Å². The van der Waals surface area contributed by atoms with Gasteiger partial charge in [-0.05, 0) is 24.6 Å². The van der Waals surface area contributed by atoms with E-state index in [4.69, 9.17) is 5.41 Å². The Kier molecular flexibility index (Phi) is 6.68. The lowest BCUT2D eigenvalue weighted by atomic mass is 10.00. The van der Waals surface area contributed by atoms with Gasteiger partial charge in [0.15, 0.2) is 5.82 Å². The second kappa shape index (κ2) is 9.27. The highest BCUT2D eigenvalue weighted by Crippen LogP contribution is 2.28. The van der Waals surface area contributed by atoms with Crippen LogP contribution in [0.3, 0.4) is 0 Å². The van der Waals surface area contributed by atoms with E-state index in [0.717, 1.165) is 18.3 Å². The number of benzene rings is 1. The van der Waals surface area contributed by atoms with Crippen molar-refractivity contribution in [2.24, 2.45) is 0 Å². The maximum Gasteiger partial charge on any atom is 0.232 e. The van der Waals surface area contributed by atoms with Crippen LogP contribution in [0.25, 0.3) is 16.6 Å². The molecule has 8 nitrogen and oxygen atoms in total. The van der Waals surface area contributed by atoms with Gasteiger partial charge in [0, 0.05) is 53.9 Å². The maximum absolute atomic E-state index is 15.0. The second-order valence-electron chi connectivity index (χ2n) is 6.89. The van der Waals surface area contributed by atoms with Crippen LogP contribution in [0.5, 0.6) is 0 Å². The van der Waals surface area contributed by atoms with E-state index < -0.39 is 38.7 Å². The number of halogens is 2. The molecule has 0 saturated heterocycles. The Morgan fingerprint density at radius 1 is 1.31 bits per heavy atom. The number of hydrogen-bond donors (Lipinski definition) is 4. The molecule has 168 valence electrons. The average molecular weight is 461 g/mol. The Hall–Kier alpha value is -3.60. The third-order valence-electron chi connectivity index (χ3n) is 4.62. The van der Waals surface area contributed by atoms with Crippen LogP contribution in [0, 0.1) is 17.0 Å². The molecule has 2 heterocycles. The quantitative estimate of drug-likeness (QED) is 0.287. The molecule has 3 rings (SSSR count). The van der Waals surface area contributed by atoms with E-state index in [1.165, 1.54) is 12.4 Å². The Morgan fingerprint density at radius 2 is 2.06 bits per heavy atom. The molecule has 0 aliphatic rings. The second-order valence-corrected chi connectivity index (χ2v) is 8.73. The van der Waals surface area contributed by atoms with Gasteiger partial charge >= 0.3 is 0 Å².